The van der Waals surface area contributed by atoms with E-state index in [1.54, 1.807) is 0 Å². The summed E-state index contributed by atoms with van der Waals surface area (Å²) in [7, 11) is -3.65. The van der Waals surface area contributed by atoms with Crippen LogP contribution in [0.1, 0.15) is 67.0 Å². The summed E-state index contributed by atoms with van der Waals surface area (Å²) in [5.41, 5.74) is 6.27. The van der Waals surface area contributed by atoms with Crippen molar-refractivity contribution in [3.05, 3.63) is 64.2 Å². The predicted molar refractivity (Wildman–Crippen MR) is 127 cm³/mol. The van der Waals surface area contributed by atoms with Gasteiger partial charge in [-0.25, -0.2) is 8.42 Å². The molecule has 0 heterocycles. The van der Waals surface area contributed by atoms with E-state index in [0.29, 0.717) is 12.1 Å². The van der Waals surface area contributed by atoms with Crippen molar-refractivity contribution in [1.82, 2.24) is 5.32 Å². The Kier molecular flexibility index (Phi) is 7.10. The molecule has 1 amide bonds. The lowest BCUT2D eigenvalue weighted by molar-refractivity contribution is -0.122. The average molecular weight is 443 g/mol. The summed E-state index contributed by atoms with van der Waals surface area (Å²) in [5, 5.41) is 3.06. The van der Waals surface area contributed by atoms with Crippen LogP contribution in [-0.2, 0) is 27.7 Å². The van der Waals surface area contributed by atoms with E-state index in [1.807, 2.05) is 45.9 Å². The highest BCUT2D eigenvalue weighted by atomic mass is 32.2. The minimum Gasteiger partial charge on any atom is -0.348 e. The van der Waals surface area contributed by atoms with E-state index in [-0.39, 0.29) is 11.9 Å². The number of nitrogens with zero attached hydrogens (tertiary/aromatic N) is 1. The monoisotopic (exact) mass is 442 g/mol. The lowest BCUT2D eigenvalue weighted by atomic mass is 9.89. The number of carbonyl (C=O) groups excluding carboxylic acids is 1. The Morgan fingerprint density at radius 1 is 1.03 bits per heavy atom. The molecule has 31 heavy (non-hydrogen) atoms. The van der Waals surface area contributed by atoms with Gasteiger partial charge in [0.25, 0.3) is 0 Å². The fraction of sp³-hybridized carbons (Fsp3) is 0.480. The van der Waals surface area contributed by atoms with E-state index in [1.165, 1.54) is 28.3 Å². The summed E-state index contributed by atoms with van der Waals surface area (Å²) in [6, 6.07) is 11.1. The number of rotatable bonds is 7. The van der Waals surface area contributed by atoms with Crippen LogP contribution in [0.5, 0.6) is 0 Å². The van der Waals surface area contributed by atoms with Crippen LogP contribution in [0.4, 0.5) is 5.69 Å². The van der Waals surface area contributed by atoms with Crippen molar-refractivity contribution in [2.24, 2.45) is 0 Å². The van der Waals surface area contributed by atoms with Gasteiger partial charge in [0.2, 0.25) is 15.9 Å². The van der Waals surface area contributed by atoms with Crippen LogP contribution in [-0.4, -0.2) is 26.6 Å². The van der Waals surface area contributed by atoms with Crippen molar-refractivity contribution in [1.29, 1.82) is 0 Å². The highest BCUT2D eigenvalue weighted by Crippen LogP contribution is 2.27. The lowest BCUT2D eigenvalue weighted by Gasteiger charge is -2.31. The first-order chi connectivity index (χ1) is 14.6. The maximum atomic E-state index is 13.3. The van der Waals surface area contributed by atoms with Crippen LogP contribution >= 0.6 is 0 Å². The van der Waals surface area contributed by atoms with Crippen LogP contribution in [0.25, 0.3) is 0 Å². The maximum absolute atomic E-state index is 13.3. The molecule has 0 saturated heterocycles. The van der Waals surface area contributed by atoms with E-state index >= 15 is 0 Å². The third-order valence-corrected chi connectivity index (χ3v) is 7.20. The Balaban J connectivity index is 1.86. The van der Waals surface area contributed by atoms with E-state index in [0.717, 1.165) is 35.8 Å². The molecule has 1 N–H and O–H groups in total. The van der Waals surface area contributed by atoms with Gasteiger partial charge in [0, 0.05) is 0 Å². The van der Waals surface area contributed by atoms with Crippen molar-refractivity contribution >= 4 is 21.6 Å². The molecule has 2 atom stereocenters. The Hall–Kier alpha value is -2.34. The first kappa shape index (κ1) is 23.3. The van der Waals surface area contributed by atoms with Crippen LogP contribution in [0.2, 0.25) is 0 Å². The third kappa shape index (κ3) is 5.48. The Morgan fingerprint density at radius 2 is 1.65 bits per heavy atom. The van der Waals surface area contributed by atoms with Gasteiger partial charge in [-0.15, -0.1) is 0 Å². The zero-order valence-corrected chi connectivity index (χ0v) is 20.1. The van der Waals surface area contributed by atoms with Gasteiger partial charge >= 0.3 is 0 Å². The average Bonchev–Trinajstić information content (AvgIpc) is 2.69. The second-order valence-electron chi connectivity index (χ2n) is 8.79. The molecular formula is C25H34N2O3S. The summed E-state index contributed by atoms with van der Waals surface area (Å²) in [6.45, 7) is 7.65. The van der Waals surface area contributed by atoms with Gasteiger partial charge < -0.3 is 5.32 Å². The molecule has 6 heteroatoms. The molecule has 0 bridgehead atoms. The number of sulfonamides is 1. The number of carbonyl (C=O) groups is 1. The molecule has 2 aromatic carbocycles. The van der Waals surface area contributed by atoms with Gasteiger partial charge in [0.15, 0.2) is 0 Å². The molecule has 168 valence electrons. The number of amides is 1. The smallest absolute Gasteiger partial charge is 0.244 e. The SMILES string of the molecule is CC[C@H](C(=O)N[C@H](C)c1ccc2c(c1)CCCC2)N(c1cc(C)cc(C)c1)S(C)(=O)=O. The zero-order valence-electron chi connectivity index (χ0n) is 19.2. The molecular weight excluding hydrogens is 408 g/mol. The van der Waals surface area contributed by atoms with Crippen molar-refractivity contribution in [3.63, 3.8) is 0 Å². The summed E-state index contributed by atoms with van der Waals surface area (Å²) in [6.07, 6.45) is 6.17. The minimum absolute atomic E-state index is 0.200. The van der Waals surface area contributed by atoms with Crippen molar-refractivity contribution < 1.29 is 13.2 Å². The molecule has 0 saturated carbocycles. The number of hydrogen-bond acceptors (Lipinski definition) is 3. The fourth-order valence-electron chi connectivity index (χ4n) is 4.55. The second kappa shape index (κ2) is 9.43. The van der Waals surface area contributed by atoms with Crippen LogP contribution < -0.4 is 9.62 Å². The first-order valence-corrected chi connectivity index (χ1v) is 12.9. The standard InChI is InChI=1S/C25H34N2O3S/c1-6-24(27(31(5,29)30)23-14-17(2)13-18(3)15-23)25(28)26-19(4)21-12-11-20-9-7-8-10-22(20)16-21/h11-16,19,24H,6-10H2,1-5H3,(H,26,28)/t19-,24-/m1/s1. The molecule has 0 aliphatic heterocycles. The second-order valence-corrected chi connectivity index (χ2v) is 10.7. The number of anilines is 1. The van der Waals surface area contributed by atoms with Crippen LogP contribution in [0, 0.1) is 13.8 Å². The molecule has 0 aromatic heterocycles. The van der Waals surface area contributed by atoms with Crippen molar-refractivity contribution in [2.75, 3.05) is 10.6 Å². The molecule has 2 aromatic rings. The molecule has 0 fully saturated rings. The van der Waals surface area contributed by atoms with Gasteiger partial charge in [0.1, 0.15) is 6.04 Å². The summed E-state index contributed by atoms with van der Waals surface area (Å²) in [4.78, 5) is 13.3. The summed E-state index contributed by atoms with van der Waals surface area (Å²) < 4.78 is 26.7. The molecule has 3 rings (SSSR count). The van der Waals surface area contributed by atoms with Gasteiger partial charge in [-0.1, -0.05) is 31.2 Å². The maximum Gasteiger partial charge on any atom is 0.244 e. The van der Waals surface area contributed by atoms with E-state index in [2.05, 4.69) is 23.5 Å². The highest BCUT2D eigenvalue weighted by Gasteiger charge is 2.32. The number of fused-ring (bicyclic) bond motifs is 1. The number of benzene rings is 2. The normalized spacial score (nSPS) is 15.6. The quantitative estimate of drug-likeness (QED) is 0.681. The minimum atomic E-state index is -3.65. The number of hydrogen-bond donors (Lipinski definition) is 1. The zero-order chi connectivity index (χ0) is 22.8. The van der Waals surface area contributed by atoms with E-state index in [4.69, 9.17) is 0 Å². The first-order valence-electron chi connectivity index (χ1n) is 11.1. The van der Waals surface area contributed by atoms with Crippen LogP contribution in [0.3, 0.4) is 0 Å². The molecule has 1 aliphatic carbocycles. The number of aryl methyl sites for hydroxylation is 4. The molecule has 0 spiro atoms. The fourth-order valence-corrected chi connectivity index (χ4v) is 5.75. The Labute approximate surface area is 186 Å². The van der Waals surface area contributed by atoms with Crippen molar-refractivity contribution in [2.45, 2.75) is 71.9 Å². The summed E-state index contributed by atoms with van der Waals surface area (Å²) >= 11 is 0. The summed E-state index contributed by atoms with van der Waals surface area (Å²) in [5.74, 6) is -0.280. The Bertz CT molecular complexity index is 1040. The largest absolute Gasteiger partial charge is 0.348 e. The van der Waals surface area contributed by atoms with Crippen LogP contribution in [0.15, 0.2) is 36.4 Å². The van der Waals surface area contributed by atoms with E-state index < -0.39 is 16.1 Å². The predicted octanol–water partition coefficient (Wildman–Crippen LogP) is 4.60. The van der Waals surface area contributed by atoms with Gasteiger partial charge in [-0.05, 0) is 92.8 Å². The third-order valence-electron chi connectivity index (χ3n) is 6.02. The molecule has 0 unspecified atom stereocenters. The molecule has 1 aliphatic rings. The van der Waals surface area contributed by atoms with Crippen molar-refractivity contribution in [3.8, 4) is 0 Å². The topological polar surface area (TPSA) is 66.5 Å². The van der Waals surface area contributed by atoms with Gasteiger partial charge in [-0.2, -0.15) is 0 Å². The van der Waals surface area contributed by atoms with Gasteiger partial charge in [-0.3, -0.25) is 9.10 Å². The lowest BCUT2D eigenvalue weighted by Crippen LogP contribution is -2.49. The van der Waals surface area contributed by atoms with Gasteiger partial charge in [0.05, 0.1) is 18.0 Å². The molecule has 5 nitrogen and oxygen atoms in total. The Morgan fingerprint density at radius 3 is 2.23 bits per heavy atom. The highest BCUT2D eigenvalue weighted by molar-refractivity contribution is 7.92. The van der Waals surface area contributed by atoms with E-state index in [9.17, 15) is 13.2 Å². The molecule has 0 radical (unpaired) electrons. The number of nitrogens with one attached hydrogen (secondary N) is 1.